The van der Waals surface area contributed by atoms with Crippen molar-refractivity contribution in [3.63, 3.8) is 0 Å². The molecule has 0 saturated heterocycles. The molecule has 2 aliphatic rings. The van der Waals surface area contributed by atoms with Gasteiger partial charge in [-0.2, -0.15) is 0 Å². The quantitative estimate of drug-likeness (QED) is 0.247. The number of nitrogens with zero attached hydrogens (tertiary/aromatic N) is 1. The minimum Gasteiger partial charge on any atom is -0.493 e. The molecule has 0 radical (unpaired) electrons. The summed E-state index contributed by atoms with van der Waals surface area (Å²) in [5.41, 5.74) is 7.13. The van der Waals surface area contributed by atoms with Crippen LogP contribution in [0.3, 0.4) is 0 Å². The number of aryl methyl sites for hydroxylation is 2. The standard InChI is InChI=1S/C31H29NO6/c1-2-6-24-27(14-12-25-29(32-38-30(24)25)19-7-4-3-5-8-19)35-16-15-22-18-26-23-11-10-21(37-31(33)34)17-20(23)9-13-28(26)36-22/h3-5,7-8,10-12,14,18,21H,2,6,9,13,15-17H2,1H3,(H,33,34). The van der Waals surface area contributed by atoms with Gasteiger partial charge >= 0.3 is 6.16 Å². The van der Waals surface area contributed by atoms with Crippen molar-refractivity contribution in [2.24, 2.45) is 0 Å². The fraction of sp³-hybridized carbons (Fsp3) is 0.290. The summed E-state index contributed by atoms with van der Waals surface area (Å²) in [6, 6.07) is 16.2. The van der Waals surface area contributed by atoms with Gasteiger partial charge in [0, 0.05) is 36.0 Å². The largest absolute Gasteiger partial charge is 0.506 e. The number of allylic oxidation sites excluding steroid dienone is 2. The van der Waals surface area contributed by atoms with E-state index in [0.29, 0.717) is 19.4 Å². The van der Waals surface area contributed by atoms with Gasteiger partial charge in [0.25, 0.3) is 0 Å². The van der Waals surface area contributed by atoms with E-state index < -0.39 is 12.3 Å². The molecule has 6 rings (SSSR count). The van der Waals surface area contributed by atoms with E-state index in [1.807, 2.05) is 54.6 Å². The number of rotatable bonds is 8. The zero-order chi connectivity index (χ0) is 26.1. The Kier molecular flexibility index (Phi) is 6.50. The molecule has 2 aromatic heterocycles. The predicted octanol–water partition coefficient (Wildman–Crippen LogP) is 7.38. The van der Waals surface area contributed by atoms with E-state index in [1.165, 1.54) is 5.57 Å². The highest BCUT2D eigenvalue weighted by molar-refractivity contribution is 5.94. The van der Waals surface area contributed by atoms with Crippen LogP contribution >= 0.6 is 0 Å². The summed E-state index contributed by atoms with van der Waals surface area (Å²) in [7, 11) is 0. The predicted molar refractivity (Wildman–Crippen MR) is 143 cm³/mol. The third kappa shape index (κ3) is 4.60. The monoisotopic (exact) mass is 511 g/mol. The van der Waals surface area contributed by atoms with Gasteiger partial charge in [0.15, 0.2) is 5.58 Å². The summed E-state index contributed by atoms with van der Waals surface area (Å²) < 4.78 is 23.2. The van der Waals surface area contributed by atoms with Crippen LogP contribution < -0.4 is 4.74 Å². The van der Waals surface area contributed by atoms with Crippen LogP contribution in [0.1, 0.15) is 48.8 Å². The molecule has 2 aromatic carbocycles. The van der Waals surface area contributed by atoms with E-state index in [1.54, 1.807) is 0 Å². The van der Waals surface area contributed by atoms with E-state index in [-0.39, 0.29) is 0 Å². The highest BCUT2D eigenvalue weighted by Crippen LogP contribution is 2.40. The molecular weight excluding hydrogens is 482 g/mol. The lowest BCUT2D eigenvalue weighted by Gasteiger charge is -2.24. The Balaban J connectivity index is 1.17. The molecule has 0 amide bonds. The first-order valence-corrected chi connectivity index (χ1v) is 13.1. The molecule has 7 heteroatoms. The summed E-state index contributed by atoms with van der Waals surface area (Å²) in [6.07, 6.45) is 6.79. The lowest BCUT2D eigenvalue weighted by atomic mass is 9.84. The number of hydrogen-bond donors (Lipinski definition) is 1. The number of aromatic nitrogens is 1. The number of carboxylic acid groups (broad SMARTS) is 1. The van der Waals surface area contributed by atoms with Crippen LogP contribution in [0, 0.1) is 0 Å². The molecule has 2 heterocycles. The van der Waals surface area contributed by atoms with Gasteiger partial charge in [0.1, 0.15) is 29.1 Å². The van der Waals surface area contributed by atoms with Crippen molar-refractivity contribution in [2.75, 3.05) is 6.61 Å². The molecule has 0 aliphatic heterocycles. The SMILES string of the molecule is CCCc1c(OCCc2cc3c(o2)CCC2=C3C=CC(OC(=O)O)C2)ccc2c(-c3ccccc3)noc12. The van der Waals surface area contributed by atoms with E-state index in [2.05, 4.69) is 18.1 Å². The summed E-state index contributed by atoms with van der Waals surface area (Å²) in [5, 5.41) is 14.3. The Morgan fingerprint density at radius 2 is 2.00 bits per heavy atom. The minimum atomic E-state index is -1.24. The smallest absolute Gasteiger partial charge is 0.493 e. The molecule has 7 nitrogen and oxygen atoms in total. The normalized spacial score (nSPS) is 16.4. The molecule has 4 aromatic rings. The zero-order valence-corrected chi connectivity index (χ0v) is 21.2. The van der Waals surface area contributed by atoms with Gasteiger partial charge in [0.2, 0.25) is 0 Å². The van der Waals surface area contributed by atoms with Gasteiger partial charge in [-0.25, -0.2) is 4.79 Å². The molecule has 0 bridgehead atoms. The van der Waals surface area contributed by atoms with Crippen molar-refractivity contribution in [1.82, 2.24) is 5.16 Å². The lowest BCUT2D eigenvalue weighted by molar-refractivity contribution is 0.0687. The van der Waals surface area contributed by atoms with Crippen LogP contribution in [0.2, 0.25) is 0 Å². The van der Waals surface area contributed by atoms with Gasteiger partial charge < -0.3 is 23.5 Å². The Morgan fingerprint density at radius 3 is 2.82 bits per heavy atom. The zero-order valence-electron chi connectivity index (χ0n) is 21.2. The van der Waals surface area contributed by atoms with Crippen LogP contribution in [-0.2, 0) is 24.0 Å². The van der Waals surface area contributed by atoms with Crippen LogP contribution in [0.4, 0.5) is 4.79 Å². The molecule has 1 N–H and O–H groups in total. The summed E-state index contributed by atoms with van der Waals surface area (Å²) in [6.45, 7) is 2.62. The first-order valence-electron chi connectivity index (χ1n) is 13.1. The van der Waals surface area contributed by atoms with E-state index in [4.69, 9.17) is 23.5 Å². The first kappa shape index (κ1) is 24.1. The highest BCUT2D eigenvalue weighted by Gasteiger charge is 2.27. The Hall–Kier alpha value is -4.26. The number of fused-ring (bicyclic) bond motifs is 3. The van der Waals surface area contributed by atoms with Crippen molar-refractivity contribution in [3.8, 4) is 17.0 Å². The topological polar surface area (TPSA) is 94.9 Å². The van der Waals surface area contributed by atoms with Crippen LogP contribution in [0.25, 0.3) is 27.8 Å². The van der Waals surface area contributed by atoms with Crippen molar-refractivity contribution >= 4 is 22.7 Å². The molecule has 38 heavy (non-hydrogen) atoms. The van der Waals surface area contributed by atoms with Crippen LogP contribution in [0.15, 0.2) is 75.2 Å². The highest BCUT2D eigenvalue weighted by atomic mass is 16.7. The molecule has 2 aliphatic carbocycles. The average Bonchev–Trinajstić information content (AvgIpc) is 3.54. The molecule has 1 unspecified atom stereocenters. The van der Waals surface area contributed by atoms with E-state index >= 15 is 0 Å². The summed E-state index contributed by atoms with van der Waals surface area (Å²) >= 11 is 0. The lowest BCUT2D eigenvalue weighted by Crippen LogP contribution is -2.19. The van der Waals surface area contributed by atoms with Crippen LogP contribution in [-0.4, -0.2) is 29.1 Å². The summed E-state index contributed by atoms with van der Waals surface area (Å²) in [5.74, 6) is 2.67. The van der Waals surface area contributed by atoms with Gasteiger partial charge in [-0.1, -0.05) is 60.5 Å². The number of furan rings is 1. The van der Waals surface area contributed by atoms with Crippen molar-refractivity contribution < 1.29 is 28.3 Å². The average molecular weight is 512 g/mol. The fourth-order valence-corrected chi connectivity index (χ4v) is 5.48. The number of benzene rings is 2. The first-order chi connectivity index (χ1) is 18.6. The maximum absolute atomic E-state index is 10.9. The second-order valence-corrected chi connectivity index (χ2v) is 9.72. The molecular formula is C31H29NO6. The number of hydrogen-bond acceptors (Lipinski definition) is 6. The fourth-order valence-electron chi connectivity index (χ4n) is 5.48. The van der Waals surface area contributed by atoms with Gasteiger partial charge in [-0.15, -0.1) is 0 Å². The van der Waals surface area contributed by atoms with E-state index in [9.17, 15) is 4.79 Å². The maximum atomic E-state index is 10.9. The molecule has 194 valence electrons. The van der Waals surface area contributed by atoms with Gasteiger partial charge in [-0.05, 0) is 42.7 Å². The Labute approximate surface area is 220 Å². The van der Waals surface area contributed by atoms with Gasteiger partial charge in [-0.3, -0.25) is 0 Å². The van der Waals surface area contributed by atoms with Crippen LogP contribution in [0.5, 0.6) is 5.75 Å². The third-order valence-electron chi connectivity index (χ3n) is 7.22. The van der Waals surface area contributed by atoms with Crippen molar-refractivity contribution in [1.29, 1.82) is 0 Å². The third-order valence-corrected chi connectivity index (χ3v) is 7.22. The Morgan fingerprint density at radius 1 is 1.13 bits per heavy atom. The summed E-state index contributed by atoms with van der Waals surface area (Å²) in [4.78, 5) is 10.9. The number of carbonyl (C=O) groups is 1. The second-order valence-electron chi connectivity index (χ2n) is 9.72. The minimum absolute atomic E-state index is 0.421. The van der Waals surface area contributed by atoms with Crippen molar-refractivity contribution in [2.45, 2.75) is 51.6 Å². The number of ether oxygens (including phenoxy) is 2. The Bertz CT molecular complexity index is 1540. The molecule has 0 saturated carbocycles. The maximum Gasteiger partial charge on any atom is 0.506 e. The molecule has 1 atom stereocenters. The second kappa shape index (κ2) is 10.2. The molecule has 0 spiro atoms. The van der Waals surface area contributed by atoms with Crippen molar-refractivity contribution in [3.05, 3.63) is 88.9 Å². The van der Waals surface area contributed by atoms with Gasteiger partial charge in [0.05, 0.1) is 12.0 Å². The van der Waals surface area contributed by atoms with E-state index in [0.717, 1.165) is 81.9 Å². The molecule has 0 fully saturated rings.